The van der Waals surface area contributed by atoms with Crippen LogP contribution in [0.3, 0.4) is 0 Å². The van der Waals surface area contributed by atoms with E-state index in [1.54, 1.807) is 16.8 Å². The van der Waals surface area contributed by atoms with Gasteiger partial charge in [0.1, 0.15) is 5.82 Å². The topological polar surface area (TPSA) is 46.9 Å². The van der Waals surface area contributed by atoms with Gasteiger partial charge in [-0.05, 0) is 25.1 Å². The van der Waals surface area contributed by atoms with Crippen LogP contribution in [0, 0.1) is 6.92 Å². The predicted molar refractivity (Wildman–Crippen MR) is 67.6 cm³/mol. The van der Waals surface area contributed by atoms with Gasteiger partial charge in [0.15, 0.2) is 0 Å². The summed E-state index contributed by atoms with van der Waals surface area (Å²) in [6, 6.07) is 9.11. The number of hydrogen-bond donors (Lipinski definition) is 1. The molecule has 1 aromatic carbocycles. The van der Waals surface area contributed by atoms with Crippen LogP contribution in [0.15, 0.2) is 30.3 Å². The van der Waals surface area contributed by atoms with Crippen LogP contribution in [0.2, 0.25) is 5.02 Å². The van der Waals surface area contributed by atoms with E-state index in [9.17, 15) is 4.79 Å². The van der Waals surface area contributed by atoms with Crippen molar-refractivity contribution in [2.45, 2.75) is 13.8 Å². The Morgan fingerprint density at radius 2 is 2.18 bits per heavy atom. The smallest absolute Gasteiger partial charge is 0.222 e. The molecule has 0 unspecified atom stereocenters. The lowest BCUT2D eigenvalue weighted by atomic mass is 10.3. The first-order chi connectivity index (χ1) is 8.06. The predicted octanol–water partition coefficient (Wildman–Crippen LogP) is 2.79. The molecular formula is C12H12ClN3O. The highest BCUT2D eigenvalue weighted by Gasteiger charge is 2.08. The Morgan fingerprint density at radius 1 is 1.41 bits per heavy atom. The lowest BCUT2D eigenvalue weighted by molar-refractivity contribution is -0.114. The standard InChI is InChI=1S/C12H12ClN3O/c1-8-6-12(14-9(2)17)16(15-8)11-5-3-4-10(13)7-11/h3-7H,1-2H3,(H,14,17). The van der Waals surface area contributed by atoms with Crippen LogP contribution >= 0.6 is 11.6 Å². The van der Waals surface area contributed by atoms with E-state index in [0.717, 1.165) is 11.4 Å². The molecule has 0 radical (unpaired) electrons. The fourth-order valence-electron chi connectivity index (χ4n) is 1.57. The van der Waals surface area contributed by atoms with Crippen molar-refractivity contribution in [3.05, 3.63) is 41.0 Å². The zero-order valence-electron chi connectivity index (χ0n) is 9.57. The molecule has 0 bridgehead atoms. The number of aryl methyl sites for hydroxylation is 1. The maximum atomic E-state index is 11.1. The van der Waals surface area contributed by atoms with Crippen molar-refractivity contribution >= 4 is 23.3 Å². The fraction of sp³-hybridized carbons (Fsp3) is 0.167. The Morgan fingerprint density at radius 3 is 2.82 bits per heavy atom. The summed E-state index contributed by atoms with van der Waals surface area (Å²) in [5, 5.41) is 7.68. The van der Waals surface area contributed by atoms with Gasteiger partial charge in [0.2, 0.25) is 5.91 Å². The molecule has 0 aliphatic heterocycles. The van der Waals surface area contributed by atoms with E-state index in [0.29, 0.717) is 10.8 Å². The third-order valence-corrected chi connectivity index (χ3v) is 2.42. The summed E-state index contributed by atoms with van der Waals surface area (Å²) in [5.74, 6) is 0.505. The van der Waals surface area contributed by atoms with E-state index in [2.05, 4.69) is 10.4 Å². The first-order valence-electron chi connectivity index (χ1n) is 5.16. The molecule has 1 N–H and O–H groups in total. The van der Waals surface area contributed by atoms with Gasteiger partial charge in [-0.3, -0.25) is 4.79 Å². The van der Waals surface area contributed by atoms with Gasteiger partial charge in [-0.15, -0.1) is 0 Å². The molecule has 0 aliphatic rings. The number of hydrogen-bond acceptors (Lipinski definition) is 2. The second-order valence-corrected chi connectivity index (χ2v) is 4.18. The van der Waals surface area contributed by atoms with Gasteiger partial charge in [-0.2, -0.15) is 5.10 Å². The molecule has 17 heavy (non-hydrogen) atoms. The molecule has 0 spiro atoms. The first kappa shape index (κ1) is 11.7. The molecule has 0 fully saturated rings. The molecule has 2 rings (SSSR count). The quantitative estimate of drug-likeness (QED) is 0.890. The molecule has 1 aromatic heterocycles. The average Bonchev–Trinajstić information content (AvgIpc) is 2.58. The molecule has 88 valence electrons. The van der Waals surface area contributed by atoms with Crippen molar-refractivity contribution in [3.8, 4) is 5.69 Å². The number of benzene rings is 1. The van der Waals surface area contributed by atoms with Gasteiger partial charge in [0.05, 0.1) is 11.4 Å². The molecule has 1 heterocycles. The molecule has 0 aliphatic carbocycles. The van der Waals surface area contributed by atoms with E-state index in [4.69, 9.17) is 11.6 Å². The van der Waals surface area contributed by atoms with Crippen molar-refractivity contribution in [3.63, 3.8) is 0 Å². The van der Waals surface area contributed by atoms with Crippen LogP contribution in [0.25, 0.3) is 5.69 Å². The molecule has 0 saturated carbocycles. The summed E-state index contributed by atoms with van der Waals surface area (Å²) < 4.78 is 1.66. The van der Waals surface area contributed by atoms with Crippen molar-refractivity contribution < 1.29 is 4.79 Å². The summed E-state index contributed by atoms with van der Waals surface area (Å²) in [7, 11) is 0. The van der Waals surface area contributed by atoms with Gasteiger partial charge in [0.25, 0.3) is 0 Å². The van der Waals surface area contributed by atoms with Crippen LogP contribution in [0.1, 0.15) is 12.6 Å². The zero-order chi connectivity index (χ0) is 12.4. The Hall–Kier alpha value is -1.81. The van der Waals surface area contributed by atoms with Crippen molar-refractivity contribution in [1.82, 2.24) is 9.78 Å². The van der Waals surface area contributed by atoms with Crippen molar-refractivity contribution in [2.75, 3.05) is 5.32 Å². The SMILES string of the molecule is CC(=O)Nc1cc(C)nn1-c1cccc(Cl)c1. The minimum Gasteiger partial charge on any atom is -0.311 e. The number of carbonyl (C=O) groups excluding carboxylic acids is 1. The summed E-state index contributed by atoms with van der Waals surface area (Å²) in [5.41, 5.74) is 1.64. The number of amides is 1. The van der Waals surface area contributed by atoms with Gasteiger partial charge in [-0.1, -0.05) is 17.7 Å². The van der Waals surface area contributed by atoms with E-state index in [-0.39, 0.29) is 5.91 Å². The minimum atomic E-state index is -0.131. The summed E-state index contributed by atoms with van der Waals surface area (Å²) >= 11 is 5.93. The Balaban J connectivity index is 2.47. The molecule has 1 amide bonds. The fourth-order valence-corrected chi connectivity index (χ4v) is 1.76. The van der Waals surface area contributed by atoms with Crippen LogP contribution in [0.5, 0.6) is 0 Å². The Labute approximate surface area is 104 Å². The van der Waals surface area contributed by atoms with Crippen molar-refractivity contribution in [2.24, 2.45) is 0 Å². The van der Waals surface area contributed by atoms with Gasteiger partial charge < -0.3 is 5.32 Å². The van der Waals surface area contributed by atoms with E-state index in [1.807, 2.05) is 25.1 Å². The van der Waals surface area contributed by atoms with Crippen LogP contribution in [-0.4, -0.2) is 15.7 Å². The third-order valence-electron chi connectivity index (χ3n) is 2.19. The van der Waals surface area contributed by atoms with Gasteiger partial charge in [0, 0.05) is 18.0 Å². The monoisotopic (exact) mass is 249 g/mol. The maximum Gasteiger partial charge on any atom is 0.222 e. The third kappa shape index (κ3) is 2.65. The second-order valence-electron chi connectivity index (χ2n) is 3.74. The number of rotatable bonds is 2. The number of aromatic nitrogens is 2. The Bertz CT molecular complexity index is 563. The first-order valence-corrected chi connectivity index (χ1v) is 5.54. The molecule has 2 aromatic rings. The van der Waals surface area contributed by atoms with Crippen molar-refractivity contribution in [1.29, 1.82) is 0 Å². The highest BCUT2D eigenvalue weighted by Crippen LogP contribution is 2.19. The molecule has 0 atom stereocenters. The largest absolute Gasteiger partial charge is 0.311 e. The summed E-state index contributed by atoms with van der Waals surface area (Å²) in [6.45, 7) is 3.33. The number of carbonyl (C=O) groups is 1. The van der Waals surface area contributed by atoms with Crippen LogP contribution < -0.4 is 5.32 Å². The van der Waals surface area contributed by atoms with Crippen LogP contribution in [0.4, 0.5) is 5.82 Å². The number of anilines is 1. The number of halogens is 1. The van der Waals surface area contributed by atoms with E-state index >= 15 is 0 Å². The molecule has 5 heteroatoms. The molecular weight excluding hydrogens is 238 g/mol. The summed E-state index contributed by atoms with van der Waals surface area (Å²) in [4.78, 5) is 11.1. The van der Waals surface area contributed by atoms with Gasteiger partial charge in [-0.25, -0.2) is 4.68 Å². The second kappa shape index (κ2) is 4.59. The number of nitrogens with zero attached hydrogens (tertiary/aromatic N) is 2. The highest BCUT2D eigenvalue weighted by molar-refractivity contribution is 6.30. The lowest BCUT2D eigenvalue weighted by Gasteiger charge is -2.07. The maximum absolute atomic E-state index is 11.1. The summed E-state index contributed by atoms with van der Waals surface area (Å²) in [6.07, 6.45) is 0. The van der Waals surface area contributed by atoms with E-state index < -0.39 is 0 Å². The molecule has 0 saturated heterocycles. The minimum absolute atomic E-state index is 0.131. The van der Waals surface area contributed by atoms with Crippen LogP contribution in [-0.2, 0) is 4.79 Å². The normalized spacial score (nSPS) is 10.3. The zero-order valence-corrected chi connectivity index (χ0v) is 10.3. The van der Waals surface area contributed by atoms with E-state index in [1.165, 1.54) is 6.92 Å². The highest BCUT2D eigenvalue weighted by atomic mass is 35.5. The Kier molecular flexibility index (Phi) is 3.15. The van der Waals surface area contributed by atoms with Gasteiger partial charge >= 0.3 is 0 Å². The molecule has 4 nitrogen and oxygen atoms in total. The average molecular weight is 250 g/mol. The lowest BCUT2D eigenvalue weighted by Crippen LogP contribution is -2.10. The number of nitrogens with one attached hydrogen (secondary N) is 1.